The van der Waals surface area contributed by atoms with Crippen LogP contribution in [0.25, 0.3) is 0 Å². The van der Waals surface area contributed by atoms with Gasteiger partial charge in [-0.2, -0.15) is 0 Å². The molecule has 0 heterocycles. The third-order valence-corrected chi connectivity index (χ3v) is 2.10. The Labute approximate surface area is 83.1 Å². The molecule has 0 N–H and O–H groups in total. The van der Waals surface area contributed by atoms with E-state index in [0.717, 1.165) is 0 Å². The van der Waals surface area contributed by atoms with Gasteiger partial charge >= 0.3 is 5.97 Å². The summed E-state index contributed by atoms with van der Waals surface area (Å²) in [5.74, 6) is -0.363. The largest absolute Gasteiger partial charge is 0.465 e. The van der Waals surface area contributed by atoms with E-state index >= 15 is 0 Å². The van der Waals surface area contributed by atoms with Crippen molar-refractivity contribution in [1.29, 1.82) is 0 Å². The summed E-state index contributed by atoms with van der Waals surface area (Å²) in [6, 6.07) is 0. The lowest BCUT2D eigenvalue weighted by Gasteiger charge is -2.22. The maximum absolute atomic E-state index is 11.2. The van der Waals surface area contributed by atoms with Crippen molar-refractivity contribution >= 4 is 5.97 Å². The number of methoxy groups -OCH3 is 3. The van der Waals surface area contributed by atoms with Gasteiger partial charge in [0.15, 0.2) is 0 Å². The average molecular weight is 198 g/mol. The van der Waals surface area contributed by atoms with Gasteiger partial charge in [-0.1, -0.05) is 6.08 Å². The van der Waals surface area contributed by atoms with E-state index in [4.69, 9.17) is 9.47 Å². The zero-order valence-electron chi connectivity index (χ0n) is 8.52. The highest BCUT2D eigenvalue weighted by molar-refractivity contribution is 5.91. The van der Waals surface area contributed by atoms with Gasteiger partial charge in [0.05, 0.1) is 12.7 Å². The lowest BCUT2D eigenvalue weighted by Crippen LogP contribution is -2.29. The summed E-state index contributed by atoms with van der Waals surface area (Å²) in [4.78, 5) is 11.2. The molecule has 0 aliphatic heterocycles. The highest BCUT2D eigenvalue weighted by atomic mass is 16.5. The Morgan fingerprint density at radius 2 is 1.86 bits per heavy atom. The van der Waals surface area contributed by atoms with Gasteiger partial charge < -0.3 is 14.2 Å². The Bertz CT molecular complexity index is 267. The molecule has 0 fully saturated rings. The summed E-state index contributed by atoms with van der Waals surface area (Å²) >= 11 is 0. The van der Waals surface area contributed by atoms with Crippen LogP contribution in [0, 0.1) is 0 Å². The van der Waals surface area contributed by atoms with E-state index in [0.29, 0.717) is 5.57 Å². The van der Waals surface area contributed by atoms with Crippen molar-refractivity contribution in [3.8, 4) is 0 Å². The number of carbonyl (C=O) groups is 1. The van der Waals surface area contributed by atoms with Crippen molar-refractivity contribution in [2.24, 2.45) is 0 Å². The van der Waals surface area contributed by atoms with Crippen molar-refractivity contribution < 1.29 is 19.0 Å². The maximum atomic E-state index is 11.2. The molecule has 0 amide bonds. The Morgan fingerprint density at radius 3 is 2.36 bits per heavy atom. The monoisotopic (exact) mass is 198 g/mol. The molecule has 1 aliphatic rings. The van der Waals surface area contributed by atoms with Crippen molar-refractivity contribution in [3.63, 3.8) is 0 Å². The summed E-state index contributed by atoms with van der Waals surface area (Å²) in [5.41, 5.74) is 0.493. The van der Waals surface area contributed by atoms with Gasteiger partial charge in [0.25, 0.3) is 0 Å². The smallest absolute Gasteiger partial charge is 0.337 e. The summed E-state index contributed by atoms with van der Waals surface area (Å²) in [7, 11) is 4.51. The van der Waals surface area contributed by atoms with E-state index in [-0.39, 0.29) is 18.2 Å². The van der Waals surface area contributed by atoms with Crippen molar-refractivity contribution in [2.75, 3.05) is 21.3 Å². The van der Waals surface area contributed by atoms with Gasteiger partial charge in [0.2, 0.25) is 0 Å². The molecule has 2 atom stereocenters. The second-order valence-corrected chi connectivity index (χ2v) is 2.87. The standard InChI is InChI=1S/C10H14O4/c1-12-8-5-4-7(10(11)14-3)6-9(8)13-2/h4-6,8-9H,1-3H3. The van der Waals surface area contributed by atoms with Gasteiger partial charge in [-0.25, -0.2) is 4.79 Å². The zero-order valence-corrected chi connectivity index (χ0v) is 8.52. The molecule has 1 aliphatic carbocycles. The topological polar surface area (TPSA) is 44.8 Å². The number of ether oxygens (including phenoxy) is 3. The van der Waals surface area contributed by atoms with Crippen LogP contribution in [0.15, 0.2) is 23.8 Å². The second-order valence-electron chi connectivity index (χ2n) is 2.87. The lowest BCUT2D eigenvalue weighted by atomic mass is 10.0. The number of rotatable bonds is 3. The van der Waals surface area contributed by atoms with Crippen LogP contribution in [0.2, 0.25) is 0 Å². The maximum Gasteiger partial charge on any atom is 0.337 e. The molecular weight excluding hydrogens is 184 g/mol. The fraction of sp³-hybridized carbons (Fsp3) is 0.500. The summed E-state index contributed by atoms with van der Waals surface area (Å²) in [6.45, 7) is 0. The molecule has 14 heavy (non-hydrogen) atoms. The molecule has 0 radical (unpaired) electrons. The first-order valence-electron chi connectivity index (χ1n) is 4.27. The van der Waals surface area contributed by atoms with Gasteiger partial charge in [-0.3, -0.25) is 0 Å². The van der Waals surface area contributed by atoms with Crippen LogP contribution in [0.3, 0.4) is 0 Å². The molecule has 78 valence electrons. The molecule has 4 heteroatoms. The lowest BCUT2D eigenvalue weighted by molar-refractivity contribution is -0.135. The van der Waals surface area contributed by atoms with Crippen LogP contribution in [0.5, 0.6) is 0 Å². The first-order chi connectivity index (χ1) is 6.72. The molecule has 0 bridgehead atoms. The van der Waals surface area contributed by atoms with Crippen molar-refractivity contribution in [2.45, 2.75) is 12.2 Å². The van der Waals surface area contributed by atoms with Crippen LogP contribution in [0.1, 0.15) is 0 Å². The van der Waals surface area contributed by atoms with Crippen LogP contribution in [-0.4, -0.2) is 39.5 Å². The van der Waals surface area contributed by atoms with Gasteiger partial charge in [-0.15, -0.1) is 0 Å². The quantitative estimate of drug-likeness (QED) is 0.626. The van der Waals surface area contributed by atoms with E-state index in [2.05, 4.69) is 4.74 Å². The molecule has 0 saturated carbocycles. The molecule has 0 aromatic rings. The minimum Gasteiger partial charge on any atom is -0.465 e. The molecule has 2 unspecified atom stereocenters. The third-order valence-electron chi connectivity index (χ3n) is 2.10. The fourth-order valence-electron chi connectivity index (χ4n) is 1.30. The molecule has 4 nitrogen and oxygen atoms in total. The second kappa shape index (κ2) is 4.93. The van der Waals surface area contributed by atoms with Crippen LogP contribution >= 0.6 is 0 Å². The first-order valence-corrected chi connectivity index (χ1v) is 4.27. The summed E-state index contributed by atoms with van der Waals surface area (Å²) in [6.07, 6.45) is 4.77. The number of carbonyl (C=O) groups excluding carboxylic acids is 1. The van der Waals surface area contributed by atoms with E-state index in [9.17, 15) is 4.79 Å². The third kappa shape index (κ3) is 2.21. The molecule has 0 spiro atoms. The van der Waals surface area contributed by atoms with E-state index in [1.807, 2.05) is 0 Å². The Kier molecular flexibility index (Phi) is 3.85. The summed E-state index contributed by atoms with van der Waals surface area (Å²) in [5, 5.41) is 0. The van der Waals surface area contributed by atoms with Crippen LogP contribution in [-0.2, 0) is 19.0 Å². The highest BCUT2D eigenvalue weighted by Crippen LogP contribution is 2.16. The fourth-order valence-corrected chi connectivity index (χ4v) is 1.30. The van der Waals surface area contributed by atoms with Crippen LogP contribution in [0.4, 0.5) is 0 Å². The Hall–Kier alpha value is -1.13. The minimum atomic E-state index is -0.363. The summed E-state index contributed by atoms with van der Waals surface area (Å²) < 4.78 is 14.9. The number of esters is 1. The highest BCUT2D eigenvalue weighted by Gasteiger charge is 2.22. The predicted octanol–water partition coefficient (Wildman–Crippen LogP) is 0.686. The molecule has 0 aromatic carbocycles. The van der Waals surface area contributed by atoms with Crippen molar-refractivity contribution in [1.82, 2.24) is 0 Å². The van der Waals surface area contributed by atoms with E-state index in [1.165, 1.54) is 7.11 Å². The Morgan fingerprint density at radius 1 is 1.21 bits per heavy atom. The molecular formula is C10H14O4. The van der Waals surface area contributed by atoms with Crippen molar-refractivity contribution in [3.05, 3.63) is 23.8 Å². The van der Waals surface area contributed by atoms with Gasteiger partial charge in [0, 0.05) is 14.2 Å². The molecule has 0 saturated heterocycles. The van der Waals surface area contributed by atoms with Crippen LogP contribution < -0.4 is 0 Å². The van der Waals surface area contributed by atoms with Gasteiger partial charge in [-0.05, 0) is 12.2 Å². The normalized spacial score (nSPS) is 25.8. The molecule has 0 aromatic heterocycles. The predicted molar refractivity (Wildman–Crippen MR) is 50.8 cm³/mol. The number of hydrogen-bond donors (Lipinski definition) is 0. The first kappa shape index (κ1) is 10.9. The van der Waals surface area contributed by atoms with E-state index < -0.39 is 0 Å². The average Bonchev–Trinajstić information content (AvgIpc) is 2.26. The van der Waals surface area contributed by atoms with Gasteiger partial charge in [0.1, 0.15) is 12.2 Å². The van der Waals surface area contributed by atoms with E-state index in [1.54, 1.807) is 32.4 Å². The minimum absolute atomic E-state index is 0.145. The Balaban J connectivity index is 2.78. The zero-order chi connectivity index (χ0) is 10.6. The molecule has 1 rings (SSSR count). The SMILES string of the molecule is COC(=O)C1=CC(OC)C(OC)C=C1. The number of hydrogen-bond acceptors (Lipinski definition) is 4.